The van der Waals surface area contributed by atoms with Gasteiger partial charge in [0, 0.05) is 31.9 Å². The topological polar surface area (TPSA) is 163 Å². The monoisotopic (exact) mass is 393 g/mol. The Bertz CT molecular complexity index is 961. The molecule has 0 aromatic heterocycles. The van der Waals surface area contributed by atoms with Crippen LogP contribution in [-0.2, 0) is 10.1 Å². The highest BCUT2D eigenvalue weighted by Gasteiger charge is 2.15. The third-order valence-corrected chi connectivity index (χ3v) is 4.00. The Kier molecular flexibility index (Phi) is 6.98. The second-order valence-electron chi connectivity index (χ2n) is 5.32. The lowest BCUT2D eigenvalue weighted by Crippen LogP contribution is -2.23. The fourth-order valence-electron chi connectivity index (χ4n) is 1.81. The highest BCUT2D eigenvalue weighted by Crippen LogP contribution is 2.17. The number of carbonyl (C=O) groups excluding carboxylic acids is 1. The molecule has 2 aromatic carbocycles. The average Bonchev–Trinajstić information content (AvgIpc) is 2.61. The smallest absolute Gasteiger partial charge is 0.385 e. The summed E-state index contributed by atoms with van der Waals surface area (Å²) >= 11 is 0. The average molecular weight is 393 g/mol. The van der Waals surface area contributed by atoms with Crippen LogP contribution in [0.2, 0.25) is 0 Å². The molecule has 0 aliphatic rings. The number of benzene rings is 2. The maximum Gasteiger partial charge on any atom is 0.385 e. The summed E-state index contributed by atoms with van der Waals surface area (Å²) in [7, 11) is -0.743. The molecule has 2 rings (SSSR count). The Morgan fingerprint density at radius 1 is 1.07 bits per heavy atom. The van der Waals surface area contributed by atoms with Crippen molar-refractivity contribution in [1.82, 2.24) is 0 Å². The van der Waals surface area contributed by atoms with Crippen molar-refractivity contribution in [2.75, 3.05) is 19.0 Å². The van der Waals surface area contributed by atoms with Crippen LogP contribution in [0.5, 0.6) is 0 Å². The molecule has 0 aliphatic carbocycles. The summed E-state index contributed by atoms with van der Waals surface area (Å²) in [5, 5.41) is 27.4. The van der Waals surface area contributed by atoms with Gasteiger partial charge in [-0.3, -0.25) is 4.55 Å². The summed E-state index contributed by atoms with van der Waals surface area (Å²) in [5.74, 6) is -3.26. The number of nitrogens with zero attached hydrogens (tertiary/aromatic N) is 3. The number of rotatable bonds is 4. The zero-order valence-corrected chi connectivity index (χ0v) is 15.0. The minimum atomic E-state index is -4.67. The second-order valence-corrected chi connectivity index (χ2v) is 6.75. The first kappa shape index (κ1) is 21.6. The predicted octanol–water partition coefficient (Wildman–Crippen LogP) is 1.23. The van der Waals surface area contributed by atoms with Gasteiger partial charge >= 0.3 is 11.7 Å². The van der Waals surface area contributed by atoms with Crippen molar-refractivity contribution in [3.8, 4) is 0 Å². The standard InChI is InChI=1S/C8H10N3.C8H6O7S/c1-11(2)8-5-3-7(10-9)4-6-8;9-7(10)4-1-5(8(11)12)3-6(2-4)16(13,14)15/h3-6H,1-2H3;1-3H,(H,9,10)(H,11,12)(H,13,14,15)/q+1;/p-1. The van der Waals surface area contributed by atoms with Crippen LogP contribution in [0.15, 0.2) is 47.4 Å². The van der Waals surface area contributed by atoms with Crippen LogP contribution >= 0.6 is 0 Å². The normalized spacial score (nSPS) is 10.1. The van der Waals surface area contributed by atoms with Crippen molar-refractivity contribution in [3.63, 3.8) is 0 Å². The summed E-state index contributed by atoms with van der Waals surface area (Å²) < 4.78 is 30.1. The largest absolute Gasteiger partial charge is 0.545 e. The maximum atomic E-state index is 10.7. The van der Waals surface area contributed by atoms with Gasteiger partial charge in [0.25, 0.3) is 10.1 Å². The van der Waals surface area contributed by atoms with E-state index in [-0.39, 0.29) is 0 Å². The van der Waals surface area contributed by atoms with E-state index in [9.17, 15) is 23.1 Å². The minimum Gasteiger partial charge on any atom is -0.545 e. The van der Waals surface area contributed by atoms with Gasteiger partial charge in [-0.2, -0.15) is 8.42 Å². The molecule has 0 bridgehead atoms. The van der Waals surface area contributed by atoms with E-state index >= 15 is 0 Å². The fourth-order valence-corrected chi connectivity index (χ4v) is 2.36. The molecule has 2 aromatic rings. The summed E-state index contributed by atoms with van der Waals surface area (Å²) in [5.41, 5.74) is 0.454. The fraction of sp³-hybridized carbons (Fsp3) is 0.125. The second kappa shape index (κ2) is 8.75. The molecule has 2 N–H and O–H groups in total. The summed E-state index contributed by atoms with van der Waals surface area (Å²) in [4.78, 5) is 25.3. The van der Waals surface area contributed by atoms with Gasteiger partial charge in [0.05, 0.1) is 16.4 Å². The van der Waals surface area contributed by atoms with Gasteiger partial charge in [0.2, 0.25) is 5.39 Å². The summed E-state index contributed by atoms with van der Waals surface area (Å²) in [6, 6.07) is 9.29. The number of carbonyl (C=O) groups is 2. The van der Waals surface area contributed by atoms with Crippen molar-refractivity contribution >= 4 is 33.4 Å². The van der Waals surface area contributed by atoms with Crippen LogP contribution < -0.4 is 10.0 Å². The number of carboxylic acid groups (broad SMARTS) is 2. The Balaban J connectivity index is 0.000000289. The molecular formula is C16H15N3O7S. The van der Waals surface area contributed by atoms with E-state index in [2.05, 4.69) is 4.98 Å². The molecule has 0 saturated heterocycles. The van der Waals surface area contributed by atoms with Crippen LogP contribution in [0.4, 0.5) is 11.4 Å². The number of carboxylic acids is 2. The van der Waals surface area contributed by atoms with E-state index in [4.69, 9.17) is 15.1 Å². The molecule has 0 radical (unpaired) electrons. The molecule has 0 saturated carbocycles. The van der Waals surface area contributed by atoms with E-state index in [1.54, 1.807) is 12.1 Å². The highest BCUT2D eigenvalue weighted by molar-refractivity contribution is 7.85. The molecule has 0 fully saturated rings. The lowest BCUT2D eigenvalue weighted by Gasteiger charge is -2.09. The Labute approximate surface area is 154 Å². The van der Waals surface area contributed by atoms with Crippen LogP contribution in [0.1, 0.15) is 20.7 Å². The molecule has 0 aliphatic heterocycles. The lowest BCUT2D eigenvalue weighted by molar-refractivity contribution is -0.255. The predicted molar refractivity (Wildman–Crippen MR) is 93.1 cm³/mol. The first-order valence-electron chi connectivity index (χ1n) is 7.15. The molecule has 27 heavy (non-hydrogen) atoms. The van der Waals surface area contributed by atoms with E-state index < -0.39 is 38.1 Å². The molecule has 0 spiro atoms. The number of anilines is 1. The first-order chi connectivity index (χ1) is 12.5. The van der Waals surface area contributed by atoms with E-state index in [1.807, 2.05) is 31.1 Å². The zero-order valence-electron chi connectivity index (χ0n) is 14.2. The Morgan fingerprint density at radius 3 is 1.96 bits per heavy atom. The van der Waals surface area contributed by atoms with Crippen LogP contribution in [0.25, 0.3) is 4.98 Å². The molecule has 0 atom stereocenters. The van der Waals surface area contributed by atoms with Crippen molar-refractivity contribution in [3.05, 3.63) is 58.6 Å². The van der Waals surface area contributed by atoms with Crippen LogP contribution in [0.3, 0.4) is 0 Å². The van der Waals surface area contributed by atoms with E-state index in [0.29, 0.717) is 17.8 Å². The summed E-state index contributed by atoms with van der Waals surface area (Å²) in [6.07, 6.45) is 0. The zero-order chi connectivity index (χ0) is 20.8. The van der Waals surface area contributed by atoms with Crippen molar-refractivity contribution in [1.29, 1.82) is 5.39 Å². The highest BCUT2D eigenvalue weighted by atomic mass is 32.2. The van der Waals surface area contributed by atoms with Gasteiger partial charge in [0.1, 0.15) is 0 Å². The molecule has 0 heterocycles. The minimum absolute atomic E-state index is 0.575. The van der Waals surface area contributed by atoms with Gasteiger partial charge in [-0.15, -0.1) is 0 Å². The van der Waals surface area contributed by atoms with Crippen LogP contribution in [-0.4, -0.2) is 44.1 Å². The van der Waals surface area contributed by atoms with E-state index in [0.717, 1.165) is 11.8 Å². The third kappa shape index (κ3) is 6.38. The van der Waals surface area contributed by atoms with Gasteiger partial charge in [-0.1, -0.05) is 0 Å². The number of hydrogen-bond acceptors (Lipinski definition) is 7. The van der Waals surface area contributed by atoms with E-state index in [1.165, 1.54) is 0 Å². The maximum absolute atomic E-state index is 10.7. The quantitative estimate of drug-likeness (QED) is 0.574. The number of aromatic carboxylic acids is 2. The Hall–Kier alpha value is -3.49. The number of diazo groups is 1. The summed E-state index contributed by atoms with van der Waals surface area (Å²) in [6.45, 7) is 0. The molecule has 10 nitrogen and oxygen atoms in total. The SMILES string of the molecule is CN(C)c1ccc([N+]#N)cc1.O=C([O-])c1cc(C(=O)O)cc(S(=O)(=O)O)c1. The van der Waals surface area contributed by atoms with Gasteiger partial charge in [0.15, 0.2) is 4.98 Å². The first-order valence-corrected chi connectivity index (χ1v) is 8.59. The molecular weight excluding hydrogens is 378 g/mol. The van der Waals surface area contributed by atoms with Crippen molar-refractivity contribution in [2.24, 2.45) is 0 Å². The third-order valence-electron chi connectivity index (χ3n) is 3.17. The van der Waals surface area contributed by atoms with Crippen molar-refractivity contribution < 1.29 is 32.8 Å². The number of hydrogen-bond donors (Lipinski definition) is 2. The van der Waals surface area contributed by atoms with Gasteiger partial charge in [-0.25, -0.2) is 4.79 Å². The molecule has 142 valence electrons. The van der Waals surface area contributed by atoms with Gasteiger partial charge < -0.3 is 19.9 Å². The molecule has 11 heteroatoms. The van der Waals surface area contributed by atoms with Crippen molar-refractivity contribution in [2.45, 2.75) is 4.90 Å². The van der Waals surface area contributed by atoms with Crippen LogP contribution in [0, 0.1) is 5.39 Å². The molecule has 0 unspecified atom stereocenters. The molecule has 0 amide bonds. The van der Waals surface area contributed by atoms with Gasteiger partial charge in [-0.05, 0) is 35.9 Å². The lowest BCUT2D eigenvalue weighted by atomic mass is 10.1. The Morgan fingerprint density at radius 2 is 1.59 bits per heavy atom.